The van der Waals surface area contributed by atoms with E-state index in [1.807, 2.05) is 39.8 Å². The van der Waals surface area contributed by atoms with E-state index in [0.29, 0.717) is 16.3 Å². The lowest BCUT2D eigenvalue weighted by atomic mass is 10.1. The Morgan fingerprint density at radius 2 is 1.65 bits per heavy atom. The number of aryl methyl sites for hydroxylation is 1. The molecule has 7 nitrogen and oxygen atoms in total. The molecule has 186 valence electrons. The monoisotopic (exact) mass is 507 g/mol. The number of benzene rings is 2. The lowest BCUT2D eigenvalue weighted by Crippen LogP contribution is -2.54. The standard InChI is InChI=1S/C25H34ClN3O4S/c1-7-19-12-14-21(15-13-19)29(34(6,32)33)17-23(30)28(16-20-10-8-9-11-22(20)26)18(2)24(31)27-25(3,4)5/h8-15,18H,7,16-17H2,1-6H3,(H,27,31)/t18-/m1/s1. The number of rotatable bonds is 9. The Morgan fingerprint density at radius 3 is 2.15 bits per heavy atom. The van der Waals surface area contributed by atoms with E-state index < -0.39 is 34.1 Å². The van der Waals surface area contributed by atoms with E-state index in [4.69, 9.17) is 11.6 Å². The molecule has 0 heterocycles. The Labute approximate surface area is 208 Å². The van der Waals surface area contributed by atoms with Crippen LogP contribution in [0.3, 0.4) is 0 Å². The number of anilines is 1. The van der Waals surface area contributed by atoms with Gasteiger partial charge in [0.15, 0.2) is 0 Å². The molecule has 0 aromatic heterocycles. The molecule has 0 saturated heterocycles. The number of sulfonamides is 1. The van der Waals surface area contributed by atoms with Crippen LogP contribution in [0.15, 0.2) is 48.5 Å². The molecule has 2 aromatic carbocycles. The van der Waals surface area contributed by atoms with Crippen molar-refractivity contribution in [1.29, 1.82) is 0 Å². The van der Waals surface area contributed by atoms with Crippen LogP contribution in [0.25, 0.3) is 0 Å². The highest BCUT2D eigenvalue weighted by molar-refractivity contribution is 7.92. The highest BCUT2D eigenvalue weighted by Gasteiger charge is 2.31. The number of carbonyl (C=O) groups excluding carboxylic acids is 2. The van der Waals surface area contributed by atoms with Gasteiger partial charge >= 0.3 is 0 Å². The zero-order valence-electron chi connectivity index (χ0n) is 20.6. The molecular weight excluding hydrogens is 474 g/mol. The summed E-state index contributed by atoms with van der Waals surface area (Å²) in [5.41, 5.74) is 1.60. The van der Waals surface area contributed by atoms with E-state index in [1.165, 1.54) is 4.90 Å². The predicted molar refractivity (Wildman–Crippen MR) is 137 cm³/mol. The lowest BCUT2D eigenvalue weighted by Gasteiger charge is -2.33. The van der Waals surface area contributed by atoms with Crippen molar-refractivity contribution in [2.45, 2.75) is 59.2 Å². The molecule has 0 aliphatic rings. The third kappa shape index (κ3) is 7.74. The summed E-state index contributed by atoms with van der Waals surface area (Å²) >= 11 is 6.32. The van der Waals surface area contributed by atoms with Crippen LogP contribution in [0, 0.1) is 0 Å². The zero-order valence-corrected chi connectivity index (χ0v) is 22.2. The first-order valence-electron chi connectivity index (χ1n) is 11.1. The Kier molecular flexibility index (Phi) is 9.14. The van der Waals surface area contributed by atoms with Gasteiger partial charge in [-0.05, 0) is 63.4 Å². The van der Waals surface area contributed by atoms with Gasteiger partial charge in [-0.1, -0.05) is 48.9 Å². The number of carbonyl (C=O) groups is 2. The fourth-order valence-corrected chi connectivity index (χ4v) is 4.42. The molecule has 9 heteroatoms. The minimum absolute atomic E-state index is 0.0591. The van der Waals surface area contributed by atoms with E-state index in [1.54, 1.807) is 43.3 Å². The van der Waals surface area contributed by atoms with Crippen LogP contribution in [-0.2, 0) is 32.6 Å². The second kappa shape index (κ2) is 11.2. The van der Waals surface area contributed by atoms with Gasteiger partial charge < -0.3 is 10.2 Å². The Bertz CT molecular complexity index is 1110. The Hall–Kier alpha value is -2.58. The van der Waals surface area contributed by atoms with Crippen molar-refractivity contribution < 1.29 is 18.0 Å². The predicted octanol–water partition coefficient (Wildman–Crippen LogP) is 4.00. The molecule has 0 bridgehead atoms. The molecule has 0 aliphatic carbocycles. The van der Waals surface area contributed by atoms with Crippen LogP contribution in [0.4, 0.5) is 5.69 Å². The molecule has 0 aliphatic heterocycles. The van der Waals surface area contributed by atoms with Crippen LogP contribution in [-0.4, -0.2) is 49.5 Å². The molecule has 2 aromatic rings. The normalized spacial score (nSPS) is 12.7. The van der Waals surface area contributed by atoms with Gasteiger partial charge in [0.25, 0.3) is 0 Å². The molecule has 34 heavy (non-hydrogen) atoms. The number of amides is 2. The highest BCUT2D eigenvalue weighted by atomic mass is 35.5. The van der Waals surface area contributed by atoms with Crippen LogP contribution < -0.4 is 9.62 Å². The molecule has 0 fully saturated rings. The number of nitrogens with zero attached hydrogens (tertiary/aromatic N) is 2. The van der Waals surface area contributed by atoms with Crippen molar-refractivity contribution in [2.24, 2.45) is 0 Å². The fraction of sp³-hybridized carbons (Fsp3) is 0.440. The van der Waals surface area contributed by atoms with Crippen molar-refractivity contribution in [3.8, 4) is 0 Å². The number of hydrogen-bond donors (Lipinski definition) is 1. The van der Waals surface area contributed by atoms with Crippen LogP contribution in [0.1, 0.15) is 45.7 Å². The van der Waals surface area contributed by atoms with E-state index in [9.17, 15) is 18.0 Å². The molecule has 2 rings (SSSR count). The topological polar surface area (TPSA) is 86.8 Å². The summed E-state index contributed by atoms with van der Waals surface area (Å²) in [7, 11) is -3.76. The second-order valence-electron chi connectivity index (χ2n) is 9.32. The summed E-state index contributed by atoms with van der Waals surface area (Å²) in [4.78, 5) is 27.8. The van der Waals surface area contributed by atoms with Crippen molar-refractivity contribution in [3.05, 3.63) is 64.7 Å². The SMILES string of the molecule is CCc1ccc(N(CC(=O)N(Cc2ccccc2Cl)[C@H](C)C(=O)NC(C)(C)C)S(C)(=O)=O)cc1. The van der Waals surface area contributed by atoms with E-state index in [0.717, 1.165) is 22.5 Å². The van der Waals surface area contributed by atoms with E-state index >= 15 is 0 Å². The Balaban J connectivity index is 2.41. The van der Waals surface area contributed by atoms with Crippen LogP contribution >= 0.6 is 11.6 Å². The second-order valence-corrected chi connectivity index (χ2v) is 11.6. The minimum atomic E-state index is -3.76. The number of nitrogens with one attached hydrogen (secondary N) is 1. The quantitative estimate of drug-likeness (QED) is 0.555. The number of hydrogen-bond acceptors (Lipinski definition) is 4. The fourth-order valence-electron chi connectivity index (χ4n) is 3.38. The average Bonchev–Trinajstić information content (AvgIpc) is 2.74. The first kappa shape index (κ1) is 27.7. The lowest BCUT2D eigenvalue weighted by molar-refractivity contribution is -0.140. The molecule has 0 spiro atoms. The van der Waals surface area contributed by atoms with Gasteiger partial charge in [-0.25, -0.2) is 8.42 Å². The molecule has 2 amide bonds. The van der Waals surface area contributed by atoms with Gasteiger partial charge in [0.1, 0.15) is 12.6 Å². The van der Waals surface area contributed by atoms with Crippen LogP contribution in [0.5, 0.6) is 0 Å². The van der Waals surface area contributed by atoms with Crippen molar-refractivity contribution in [1.82, 2.24) is 10.2 Å². The molecular formula is C25H34ClN3O4S. The van der Waals surface area contributed by atoms with Gasteiger partial charge in [0, 0.05) is 17.1 Å². The smallest absolute Gasteiger partial charge is 0.244 e. The van der Waals surface area contributed by atoms with Gasteiger partial charge in [-0.3, -0.25) is 13.9 Å². The van der Waals surface area contributed by atoms with Crippen molar-refractivity contribution in [3.63, 3.8) is 0 Å². The summed E-state index contributed by atoms with van der Waals surface area (Å²) in [5, 5.41) is 3.34. The molecule has 0 saturated carbocycles. The maximum atomic E-state index is 13.5. The van der Waals surface area contributed by atoms with E-state index in [2.05, 4.69) is 5.32 Å². The van der Waals surface area contributed by atoms with Crippen LogP contribution in [0.2, 0.25) is 5.02 Å². The first-order chi connectivity index (χ1) is 15.7. The zero-order chi connectivity index (χ0) is 25.7. The molecule has 1 atom stereocenters. The van der Waals surface area contributed by atoms with E-state index in [-0.39, 0.29) is 12.5 Å². The van der Waals surface area contributed by atoms with Gasteiger partial charge in [0.05, 0.1) is 11.9 Å². The maximum absolute atomic E-state index is 13.5. The van der Waals surface area contributed by atoms with Crippen molar-refractivity contribution in [2.75, 3.05) is 17.1 Å². The summed E-state index contributed by atoms with van der Waals surface area (Å²) < 4.78 is 26.3. The number of halogens is 1. The molecule has 1 N–H and O–H groups in total. The third-order valence-corrected chi connectivity index (χ3v) is 6.79. The van der Waals surface area contributed by atoms with Crippen molar-refractivity contribution >= 4 is 39.1 Å². The molecule has 0 radical (unpaired) electrons. The van der Waals surface area contributed by atoms with Gasteiger partial charge in [-0.15, -0.1) is 0 Å². The third-order valence-electron chi connectivity index (χ3n) is 5.28. The molecule has 0 unspecified atom stereocenters. The Morgan fingerprint density at radius 1 is 1.06 bits per heavy atom. The largest absolute Gasteiger partial charge is 0.350 e. The van der Waals surface area contributed by atoms with Gasteiger partial charge in [0.2, 0.25) is 21.8 Å². The van der Waals surface area contributed by atoms with Gasteiger partial charge in [-0.2, -0.15) is 0 Å². The highest BCUT2D eigenvalue weighted by Crippen LogP contribution is 2.22. The summed E-state index contributed by atoms with van der Waals surface area (Å²) in [6.07, 6.45) is 1.87. The average molecular weight is 508 g/mol. The maximum Gasteiger partial charge on any atom is 0.244 e. The summed E-state index contributed by atoms with van der Waals surface area (Å²) in [6.45, 7) is 8.79. The first-order valence-corrected chi connectivity index (χ1v) is 13.4. The minimum Gasteiger partial charge on any atom is -0.350 e. The summed E-state index contributed by atoms with van der Waals surface area (Å²) in [6, 6.07) is 13.2. The summed E-state index contributed by atoms with van der Waals surface area (Å²) in [5.74, 6) is -0.854.